The average Bonchev–Trinajstić information content (AvgIpc) is 2.79. The molecule has 2 aliphatic carbocycles. The number of primary amides is 1. The van der Waals surface area contributed by atoms with Gasteiger partial charge in [0.2, 0.25) is 17.7 Å². The van der Waals surface area contributed by atoms with E-state index in [1.165, 1.54) is 4.90 Å². The Hall–Kier alpha value is -1.24. The number of hydrogen-bond donors (Lipinski definition) is 2. The predicted octanol–water partition coefficient (Wildman–Crippen LogP) is 0.895. The standard InChI is InChI=1S/C14H22F2N2O3/c1-18(10-3-2-9(11(10)19)12(17)20)13(21)8-4-6-14(15,16)7-5-8/h8-11,19H,2-7H2,1H3,(H2,17,20)/t9-,10-,11+/m1/s1. The molecule has 7 heteroatoms. The van der Waals surface area contributed by atoms with Crippen molar-refractivity contribution in [1.82, 2.24) is 4.90 Å². The Morgan fingerprint density at radius 2 is 1.76 bits per heavy atom. The van der Waals surface area contributed by atoms with Crippen LogP contribution in [0.4, 0.5) is 8.78 Å². The van der Waals surface area contributed by atoms with Crippen molar-refractivity contribution in [1.29, 1.82) is 0 Å². The van der Waals surface area contributed by atoms with Crippen LogP contribution in [0, 0.1) is 11.8 Å². The summed E-state index contributed by atoms with van der Waals surface area (Å²) in [5, 5.41) is 10.1. The Bertz CT molecular complexity index is 420. The molecule has 0 saturated heterocycles. The zero-order valence-electron chi connectivity index (χ0n) is 12.1. The number of carbonyl (C=O) groups is 2. The minimum Gasteiger partial charge on any atom is -0.390 e. The Morgan fingerprint density at radius 3 is 2.24 bits per heavy atom. The molecule has 2 rings (SSSR count). The topological polar surface area (TPSA) is 83.6 Å². The Kier molecular flexibility index (Phi) is 4.51. The molecule has 120 valence electrons. The van der Waals surface area contributed by atoms with Crippen LogP contribution in [0.25, 0.3) is 0 Å². The van der Waals surface area contributed by atoms with Gasteiger partial charge in [-0.2, -0.15) is 0 Å². The molecule has 2 fully saturated rings. The van der Waals surface area contributed by atoms with Gasteiger partial charge in [0.1, 0.15) is 0 Å². The first-order chi connectivity index (χ1) is 9.73. The predicted molar refractivity (Wildman–Crippen MR) is 71.4 cm³/mol. The zero-order chi connectivity index (χ0) is 15.8. The van der Waals surface area contributed by atoms with Gasteiger partial charge in [-0.1, -0.05) is 0 Å². The summed E-state index contributed by atoms with van der Waals surface area (Å²) in [6.07, 6.45) is -0.234. The van der Waals surface area contributed by atoms with Crippen molar-refractivity contribution in [3.63, 3.8) is 0 Å². The second kappa shape index (κ2) is 5.87. The van der Waals surface area contributed by atoms with E-state index in [1.54, 1.807) is 7.05 Å². The third kappa shape index (κ3) is 3.33. The van der Waals surface area contributed by atoms with E-state index >= 15 is 0 Å². The van der Waals surface area contributed by atoms with Crippen molar-refractivity contribution in [2.24, 2.45) is 17.6 Å². The number of nitrogens with two attached hydrogens (primary N) is 1. The van der Waals surface area contributed by atoms with Gasteiger partial charge in [-0.3, -0.25) is 9.59 Å². The van der Waals surface area contributed by atoms with Crippen LogP contribution >= 0.6 is 0 Å². The van der Waals surface area contributed by atoms with Crippen LogP contribution in [0.5, 0.6) is 0 Å². The number of alkyl halides is 2. The molecule has 0 bridgehead atoms. The first-order valence-corrected chi connectivity index (χ1v) is 7.35. The molecule has 2 saturated carbocycles. The van der Waals surface area contributed by atoms with Crippen LogP contribution in [0.15, 0.2) is 0 Å². The van der Waals surface area contributed by atoms with E-state index in [9.17, 15) is 23.5 Å². The number of likely N-dealkylation sites (N-methyl/N-ethyl adjacent to an activating group) is 1. The van der Waals surface area contributed by atoms with E-state index in [-0.39, 0.29) is 31.6 Å². The van der Waals surface area contributed by atoms with Crippen molar-refractivity contribution in [2.75, 3.05) is 7.05 Å². The summed E-state index contributed by atoms with van der Waals surface area (Å²) >= 11 is 0. The molecule has 21 heavy (non-hydrogen) atoms. The summed E-state index contributed by atoms with van der Waals surface area (Å²) in [6, 6.07) is -0.461. The van der Waals surface area contributed by atoms with E-state index in [2.05, 4.69) is 0 Å². The van der Waals surface area contributed by atoms with Crippen LogP contribution in [-0.4, -0.2) is 46.9 Å². The summed E-state index contributed by atoms with van der Waals surface area (Å²) in [5.41, 5.74) is 5.21. The fourth-order valence-corrected chi connectivity index (χ4v) is 3.43. The van der Waals surface area contributed by atoms with E-state index in [0.29, 0.717) is 12.8 Å². The molecule has 0 unspecified atom stereocenters. The van der Waals surface area contributed by atoms with Gasteiger partial charge in [-0.05, 0) is 25.7 Å². The van der Waals surface area contributed by atoms with Gasteiger partial charge in [0.15, 0.2) is 0 Å². The molecule has 5 nitrogen and oxygen atoms in total. The van der Waals surface area contributed by atoms with Gasteiger partial charge in [-0.15, -0.1) is 0 Å². The normalized spacial score (nSPS) is 32.9. The highest BCUT2D eigenvalue weighted by atomic mass is 19.3. The third-order valence-corrected chi connectivity index (χ3v) is 4.86. The molecule has 3 atom stereocenters. The number of hydrogen-bond acceptors (Lipinski definition) is 3. The lowest BCUT2D eigenvalue weighted by atomic mass is 9.85. The molecule has 0 heterocycles. The monoisotopic (exact) mass is 304 g/mol. The third-order valence-electron chi connectivity index (χ3n) is 4.86. The zero-order valence-corrected chi connectivity index (χ0v) is 12.1. The summed E-state index contributed by atoms with van der Waals surface area (Å²) < 4.78 is 26.3. The highest BCUT2D eigenvalue weighted by molar-refractivity contribution is 5.80. The van der Waals surface area contributed by atoms with Gasteiger partial charge in [0.25, 0.3) is 0 Å². The molecule has 0 radical (unpaired) electrons. The maximum absolute atomic E-state index is 13.1. The quantitative estimate of drug-likeness (QED) is 0.812. The van der Waals surface area contributed by atoms with Crippen LogP contribution in [0.2, 0.25) is 0 Å². The number of nitrogens with zero attached hydrogens (tertiary/aromatic N) is 1. The van der Waals surface area contributed by atoms with Crippen molar-refractivity contribution < 1.29 is 23.5 Å². The second-order valence-corrected chi connectivity index (χ2v) is 6.22. The van der Waals surface area contributed by atoms with E-state index < -0.39 is 35.8 Å². The van der Waals surface area contributed by atoms with E-state index in [1.807, 2.05) is 0 Å². The van der Waals surface area contributed by atoms with Crippen LogP contribution < -0.4 is 5.73 Å². The van der Waals surface area contributed by atoms with Gasteiger partial charge in [-0.25, -0.2) is 8.78 Å². The SMILES string of the molecule is CN(C(=O)C1CCC(F)(F)CC1)[C@@H]1CC[C@@H](C(N)=O)[C@@H]1O. The van der Waals surface area contributed by atoms with E-state index in [4.69, 9.17) is 5.73 Å². The Labute approximate surface area is 122 Å². The minimum atomic E-state index is -2.67. The second-order valence-electron chi connectivity index (χ2n) is 6.22. The maximum Gasteiger partial charge on any atom is 0.248 e. The number of aliphatic hydroxyl groups excluding tert-OH is 1. The molecule has 0 aromatic heterocycles. The van der Waals surface area contributed by atoms with Crippen molar-refractivity contribution in [3.05, 3.63) is 0 Å². The first kappa shape index (κ1) is 16.1. The maximum atomic E-state index is 13.1. The fourth-order valence-electron chi connectivity index (χ4n) is 3.43. The largest absolute Gasteiger partial charge is 0.390 e. The number of halogens is 2. The van der Waals surface area contributed by atoms with Crippen molar-refractivity contribution in [2.45, 2.75) is 56.6 Å². The van der Waals surface area contributed by atoms with Crippen LogP contribution in [0.1, 0.15) is 38.5 Å². The van der Waals surface area contributed by atoms with Gasteiger partial charge in [0, 0.05) is 25.8 Å². The van der Waals surface area contributed by atoms with Crippen LogP contribution in [-0.2, 0) is 9.59 Å². The molecule has 0 aromatic rings. The lowest BCUT2D eigenvalue weighted by Crippen LogP contribution is -2.48. The average molecular weight is 304 g/mol. The van der Waals surface area contributed by atoms with Crippen molar-refractivity contribution in [3.8, 4) is 0 Å². The first-order valence-electron chi connectivity index (χ1n) is 7.35. The smallest absolute Gasteiger partial charge is 0.248 e. The molecule has 0 aliphatic heterocycles. The molecule has 0 spiro atoms. The minimum absolute atomic E-state index is 0.165. The number of amides is 2. The van der Waals surface area contributed by atoms with Gasteiger partial charge in [0.05, 0.1) is 18.1 Å². The molecular formula is C14H22F2N2O3. The number of rotatable bonds is 3. The highest BCUT2D eigenvalue weighted by Gasteiger charge is 2.44. The summed E-state index contributed by atoms with van der Waals surface area (Å²) in [5.74, 6) is -4.52. The van der Waals surface area contributed by atoms with Gasteiger partial charge >= 0.3 is 0 Å². The summed E-state index contributed by atoms with van der Waals surface area (Å²) in [6.45, 7) is 0. The van der Waals surface area contributed by atoms with Crippen molar-refractivity contribution >= 4 is 11.8 Å². The molecule has 2 amide bonds. The molecule has 2 aliphatic rings. The fraction of sp³-hybridized carbons (Fsp3) is 0.857. The molecule has 3 N–H and O–H groups in total. The summed E-state index contributed by atoms with van der Waals surface area (Å²) in [7, 11) is 1.56. The summed E-state index contributed by atoms with van der Waals surface area (Å²) in [4.78, 5) is 25.0. The van der Waals surface area contributed by atoms with Gasteiger partial charge < -0.3 is 15.7 Å². The number of carbonyl (C=O) groups excluding carboxylic acids is 2. The molecule has 0 aromatic carbocycles. The Balaban J connectivity index is 1.96. The molecular weight excluding hydrogens is 282 g/mol. The lowest BCUT2D eigenvalue weighted by molar-refractivity contribution is -0.143. The Morgan fingerprint density at radius 1 is 1.19 bits per heavy atom. The lowest BCUT2D eigenvalue weighted by Gasteiger charge is -2.34. The van der Waals surface area contributed by atoms with Crippen LogP contribution in [0.3, 0.4) is 0 Å². The number of aliphatic hydroxyl groups is 1. The highest BCUT2D eigenvalue weighted by Crippen LogP contribution is 2.38. The van der Waals surface area contributed by atoms with E-state index in [0.717, 1.165) is 0 Å².